The maximum atomic E-state index is 5.41. The summed E-state index contributed by atoms with van der Waals surface area (Å²) in [6.07, 6.45) is 2.33. The van der Waals surface area contributed by atoms with Crippen LogP contribution in [0.4, 0.5) is 0 Å². The zero-order chi connectivity index (χ0) is 17.3. The van der Waals surface area contributed by atoms with Crippen molar-refractivity contribution < 1.29 is 4.52 Å². The molecule has 0 aliphatic rings. The molecule has 2 N–H and O–H groups in total. The van der Waals surface area contributed by atoms with Gasteiger partial charge in [-0.15, -0.1) is 0 Å². The molecule has 8 heteroatoms. The standard InChI is InChI=1S/C18H13N7O/c1-2-4-12(5-3-1)16-17(23-25-22-16)18-20-15(26-24-18)9-11-6-7-14-13(8-11)10-19-21-14/h1-8,10H,9H2,(H,19,21)(H,22,23,25). The van der Waals surface area contributed by atoms with E-state index in [0.29, 0.717) is 29.5 Å². The van der Waals surface area contributed by atoms with Crippen molar-refractivity contribution in [1.82, 2.24) is 35.7 Å². The normalized spacial score (nSPS) is 11.2. The molecule has 0 atom stereocenters. The minimum Gasteiger partial charge on any atom is -0.339 e. The lowest BCUT2D eigenvalue weighted by Crippen LogP contribution is -1.90. The Morgan fingerprint density at radius 1 is 0.962 bits per heavy atom. The predicted octanol–water partition coefficient (Wildman–Crippen LogP) is 2.99. The number of benzene rings is 2. The highest BCUT2D eigenvalue weighted by molar-refractivity contribution is 5.78. The Balaban J connectivity index is 1.45. The number of fused-ring (bicyclic) bond motifs is 1. The third-order valence-corrected chi connectivity index (χ3v) is 4.13. The highest BCUT2D eigenvalue weighted by Crippen LogP contribution is 2.26. The fourth-order valence-electron chi connectivity index (χ4n) is 2.88. The van der Waals surface area contributed by atoms with Crippen LogP contribution < -0.4 is 0 Å². The Morgan fingerprint density at radius 3 is 2.77 bits per heavy atom. The maximum Gasteiger partial charge on any atom is 0.231 e. The molecule has 5 rings (SSSR count). The predicted molar refractivity (Wildman–Crippen MR) is 94.0 cm³/mol. The van der Waals surface area contributed by atoms with Crippen molar-refractivity contribution in [2.45, 2.75) is 6.42 Å². The Bertz CT molecular complexity index is 1170. The topological polar surface area (TPSA) is 109 Å². The van der Waals surface area contributed by atoms with Gasteiger partial charge in [0.1, 0.15) is 5.69 Å². The van der Waals surface area contributed by atoms with Gasteiger partial charge in [0, 0.05) is 10.9 Å². The zero-order valence-electron chi connectivity index (χ0n) is 13.5. The Labute approximate surface area is 147 Å². The second-order valence-electron chi connectivity index (χ2n) is 5.87. The number of hydrogen-bond donors (Lipinski definition) is 2. The largest absolute Gasteiger partial charge is 0.339 e. The number of aromatic amines is 2. The summed E-state index contributed by atoms with van der Waals surface area (Å²) in [5.41, 5.74) is 4.26. The van der Waals surface area contributed by atoms with Crippen LogP contribution in [0.25, 0.3) is 33.7 Å². The maximum absolute atomic E-state index is 5.41. The fourth-order valence-corrected chi connectivity index (χ4v) is 2.88. The third kappa shape index (κ3) is 2.53. The molecule has 0 bridgehead atoms. The third-order valence-electron chi connectivity index (χ3n) is 4.13. The van der Waals surface area contributed by atoms with Crippen molar-refractivity contribution >= 4 is 10.9 Å². The number of rotatable bonds is 4. The number of hydrogen-bond acceptors (Lipinski definition) is 6. The van der Waals surface area contributed by atoms with Crippen LogP contribution in [-0.2, 0) is 6.42 Å². The van der Waals surface area contributed by atoms with Gasteiger partial charge in [-0.1, -0.05) is 41.6 Å². The van der Waals surface area contributed by atoms with Gasteiger partial charge >= 0.3 is 0 Å². The first-order valence-corrected chi connectivity index (χ1v) is 8.08. The smallest absolute Gasteiger partial charge is 0.231 e. The van der Waals surface area contributed by atoms with Crippen LogP contribution in [0.1, 0.15) is 11.5 Å². The molecule has 3 heterocycles. The van der Waals surface area contributed by atoms with Gasteiger partial charge in [0.2, 0.25) is 11.7 Å². The van der Waals surface area contributed by atoms with Gasteiger partial charge < -0.3 is 4.52 Å². The quantitative estimate of drug-likeness (QED) is 0.519. The average molecular weight is 343 g/mol. The summed E-state index contributed by atoms with van der Waals surface area (Å²) in [5.74, 6) is 0.932. The van der Waals surface area contributed by atoms with Gasteiger partial charge in [0.05, 0.1) is 18.1 Å². The first kappa shape index (κ1) is 14.5. The van der Waals surface area contributed by atoms with E-state index in [1.807, 2.05) is 48.5 Å². The summed E-state index contributed by atoms with van der Waals surface area (Å²) >= 11 is 0. The van der Waals surface area contributed by atoms with E-state index < -0.39 is 0 Å². The van der Waals surface area contributed by atoms with Gasteiger partial charge in [-0.2, -0.15) is 25.5 Å². The van der Waals surface area contributed by atoms with E-state index in [1.165, 1.54) is 0 Å². The van der Waals surface area contributed by atoms with Gasteiger partial charge in [0.25, 0.3) is 0 Å². The second-order valence-corrected chi connectivity index (χ2v) is 5.87. The van der Waals surface area contributed by atoms with Crippen LogP contribution >= 0.6 is 0 Å². The first-order chi connectivity index (χ1) is 12.9. The number of nitrogens with one attached hydrogen (secondary N) is 2. The Kier molecular flexibility index (Phi) is 3.31. The lowest BCUT2D eigenvalue weighted by Gasteiger charge is -1.97. The summed E-state index contributed by atoms with van der Waals surface area (Å²) in [6.45, 7) is 0. The van der Waals surface area contributed by atoms with Crippen LogP contribution in [0.15, 0.2) is 59.3 Å². The van der Waals surface area contributed by atoms with Crippen LogP contribution in [-0.4, -0.2) is 35.7 Å². The molecule has 0 aliphatic carbocycles. The molecule has 0 fully saturated rings. The summed E-state index contributed by atoms with van der Waals surface area (Å²) in [6, 6.07) is 15.8. The molecule has 0 radical (unpaired) electrons. The fraction of sp³-hybridized carbons (Fsp3) is 0.0556. The van der Waals surface area contributed by atoms with Crippen LogP contribution in [0.5, 0.6) is 0 Å². The monoisotopic (exact) mass is 343 g/mol. The minimum absolute atomic E-state index is 0.414. The van der Waals surface area contributed by atoms with Gasteiger partial charge in [-0.3, -0.25) is 5.10 Å². The van der Waals surface area contributed by atoms with E-state index in [1.54, 1.807) is 6.20 Å². The summed E-state index contributed by atoms with van der Waals surface area (Å²) in [5, 5.41) is 23.1. The van der Waals surface area contributed by atoms with Crippen molar-refractivity contribution in [3.8, 4) is 22.8 Å². The average Bonchev–Trinajstić information content (AvgIpc) is 3.42. The lowest BCUT2D eigenvalue weighted by atomic mass is 10.1. The van der Waals surface area contributed by atoms with Crippen LogP contribution in [0, 0.1) is 0 Å². The molecule has 0 unspecified atom stereocenters. The SMILES string of the molecule is c1ccc(-c2n[nH]nc2-c2noc(Cc3ccc4[nH]ncc4c3)n2)cc1. The van der Waals surface area contributed by atoms with Gasteiger partial charge in [-0.25, -0.2) is 0 Å². The highest BCUT2D eigenvalue weighted by atomic mass is 16.5. The van der Waals surface area contributed by atoms with E-state index in [9.17, 15) is 0 Å². The van der Waals surface area contributed by atoms with Crippen LogP contribution in [0.2, 0.25) is 0 Å². The highest BCUT2D eigenvalue weighted by Gasteiger charge is 2.18. The summed E-state index contributed by atoms with van der Waals surface area (Å²) in [7, 11) is 0. The zero-order valence-corrected chi connectivity index (χ0v) is 13.5. The number of aromatic nitrogens is 7. The molecular formula is C18H13N7O. The molecule has 3 aromatic heterocycles. The van der Waals surface area contributed by atoms with E-state index in [2.05, 4.69) is 35.7 Å². The molecule has 0 aliphatic heterocycles. The Hall–Kier alpha value is -3.81. The van der Waals surface area contributed by atoms with Crippen molar-refractivity contribution in [2.75, 3.05) is 0 Å². The summed E-state index contributed by atoms with van der Waals surface area (Å²) < 4.78 is 5.41. The second kappa shape index (κ2) is 5.92. The van der Waals surface area contributed by atoms with E-state index >= 15 is 0 Å². The molecule has 0 spiro atoms. The van der Waals surface area contributed by atoms with Gasteiger partial charge in [-0.05, 0) is 17.7 Å². The molecule has 2 aromatic carbocycles. The molecule has 0 amide bonds. The molecular weight excluding hydrogens is 330 g/mol. The van der Waals surface area contributed by atoms with Crippen molar-refractivity contribution in [2.24, 2.45) is 0 Å². The summed E-state index contributed by atoms with van der Waals surface area (Å²) in [4.78, 5) is 4.48. The molecule has 0 saturated heterocycles. The van der Waals surface area contributed by atoms with Crippen molar-refractivity contribution in [3.05, 3.63) is 66.2 Å². The first-order valence-electron chi connectivity index (χ1n) is 8.08. The molecule has 26 heavy (non-hydrogen) atoms. The van der Waals surface area contributed by atoms with E-state index in [-0.39, 0.29) is 0 Å². The van der Waals surface area contributed by atoms with Crippen molar-refractivity contribution in [1.29, 1.82) is 0 Å². The number of nitrogens with zero attached hydrogens (tertiary/aromatic N) is 5. The van der Waals surface area contributed by atoms with E-state index in [0.717, 1.165) is 22.0 Å². The van der Waals surface area contributed by atoms with Crippen molar-refractivity contribution in [3.63, 3.8) is 0 Å². The van der Waals surface area contributed by atoms with Crippen LogP contribution in [0.3, 0.4) is 0 Å². The number of H-pyrrole nitrogens is 2. The molecule has 8 nitrogen and oxygen atoms in total. The minimum atomic E-state index is 0.414. The Morgan fingerprint density at radius 2 is 1.85 bits per heavy atom. The molecule has 126 valence electrons. The molecule has 5 aromatic rings. The molecule has 0 saturated carbocycles. The van der Waals surface area contributed by atoms with E-state index in [4.69, 9.17) is 4.52 Å². The van der Waals surface area contributed by atoms with Gasteiger partial charge in [0.15, 0.2) is 5.69 Å². The lowest BCUT2D eigenvalue weighted by molar-refractivity contribution is 0.385.